The van der Waals surface area contributed by atoms with Crippen LogP contribution >= 0.6 is 46.2 Å². The van der Waals surface area contributed by atoms with Gasteiger partial charge in [0.2, 0.25) is 10.2 Å². The number of carbonyl (C=O) groups is 2. The van der Waals surface area contributed by atoms with Crippen molar-refractivity contribution in [3.8, 4) is 10.4 Å². The summed E-state index contributed by atoms with van der Waals surface area (Å²) in [7, 11) is 0. The fourth-order valence-electron chi connectivity index (χ4n) is 5.29. The summed E-state index contributed by atoms with van der Waals surface area (Å²) in [6, 6.07) is 16.9. The van der Waals surface area contributed by atoms with Crippen LogP contribution in [0.25, 0.3) is 41.8 Å². The monoisotopic (exact) mass is 540 g/mol. The lowest BCUT2D eigenvalue weighted by molar-refractivity contribution is -0.107. The second-order valence-corrected chi connectivity index (χ2v) is 13.8. The highest BCUT2D eigenvalue weighted by molar-refractivity contribution is 8.16. The molecule has 0 spiro atoms. The molecule has 36 heavy (non-hydrogen) atoms. The van der Waals surface area contributed by atoms with Gasteiger partial charge in [0.25, 0.3) is 0 Å². The Morgan fingerprint density at radius 1 is 0.611 bits per heavy atom. The molecule has 0 atom stereocenters. The van der Waals surface area contributed by atoms with Gasteiger partial charge in [0.1, 0.15) is 0 Å². The van der Waals surface area contributed by atoms with Gasteiger partial charge in [0, 0.05) is 51.2 Å². The molecule has 0 N–H and O–H groups in total. The van der Waals surface area contributed by atoms with E-state index in [1.165, 1.54) is 64.6 Å². The quantitative estimate of drug-likeness (QED) is 0.199. The molecule has 2 nitrogen and oxygen atoms in total. The van der Waals surface area contributed by atoms with Gasteiger partial charge in [-0.2, -0.15) is 0 Å². The van der Waals surface area contributed by atoms with E-state index in [-0.39, 0.29) is 10.2 Å². The molecule has 2 aliphatic rings. The van der Waals surface area contributed by atoms with Gasteiger partial charge in [-0.05, 0) is 109 Å². The predicted molar refractivity (Wildman–Crippen MR) is 157 cm³/mol. The molecule has 0 aliphatic carbocycles. The molecular weight excluding hydrogens is 521 g/mol. The number of carbonyl (C=O) groups excluding carboxylic acids is 2. The van der Waals surface area contributed by atoms with Gasteiger partial charge in [0.15, 0.2) is 0 Å². The van der Waals surface area contributed by atoms with Crippen LogP contribution in [0.15, 0.2) is 58.3 Å². The molecule has 0 radical (unpaired) electrons. The van der Waals surface area contributed by atoms with E-state index in [4.69, 9.17) is 0 Å². The van der Waals surface area contributed by atoms with E-state index in [2.05, 4.69) is 45.0 Å². The largest absolute Gasteiger partial charge is 0.281 e. The zero-order valence-corrected chi connectivity index (χ0v) is 23.3. The molecule has 2 aromatic heterocycles. The fraction of sp³-hybridized carbons (Fsp3) is 0.133. The summed E-state index contributed by atoms with van der Waals surface area (Å²) >= 11 is 6.16. The van der Waals surface area contributed by atoms with Gasteiger partial charge in [-0.3, -0.25) is 9.59 Å². The molecule has 6 heteroatoms. The summed E-state index contributed by atoms with van der Waals surface area (Å²) in [5.74, 6) is 0. The van der Waals surface area contributed by atoms with Crippen LogP contribution in [-0.4, -0.2) is 10.2 Å². The summed E-state index contributed by atoms with van der Waals surface area (Å²) in [5, 5.41) is 2.59. The average molecular weight is 541 g/mol. The first-order valence-electron chi connectivity index (χ1n) is 11.7. The molecule has 0 bridgehead atoms. The maximum absolute atomic E-state index is 13.2. The van der Waals surface area contributed by atoms with E-state index in [1.807, 2.05) is 53.9 Å². The first kappa shape index (κ1) is 22.5. The Morgan fingerprint density at radius 2 is 1.19 bits per heavy atom. The Kier molecular flexibility index (Phi) is 4.97. The van der Waals surface area contributed by atoms with Crippen molar-refractivity contribution in [2.24, 2.45) is 0 Å². The summed E-state index contributed by atoms with van der Waals surface area (Å²) in [5.41, 5.74) is 7.77. The van der Waals surface area contributed by atoms with Crippen LogP contribution in [0.4, 0.5) is 0 Å². The number of thiophene rings is 2. The second kappa shape index (κ2) is 7.93. The normalized spacial score (nSPS) is 17.0. The number of benzene rings is 3. The molecule has 0 amide bonds. The minimum Gasteiger partial charge on any atom is -0.281 e. The summed E-state index contributed by atoms with van der Waals surface area (Å²) in [6.45, 7) is 8.64. The molecule has 0 fully saturated rings. The van der Waals surface area contributed by atoms with Crippen molar-refractivity contribution in [1.29, 1.82) is 0 Å². The maximum Gasteiger partial charge on any atom is 0.225 e. The first-order chi connectivity index (χ1) is 17.3. The molecule has 0 saturated heterocycles. The van der Waals surface area contributed by atoms with Gasteiger partial charge in [-0.25, -0.2) is 0 Å². The van der Waals surface area contributed by atoms with E-state index in [9.17, 15) is 9.59 Å². The Bertz CT molecular complexity index is 1810. The van der Waals surface area contributed by atoms with Crippen LogP contribution in [0.1, 0.15) is 32.7 Å². The molecule has 3 aromatic carbocycles. The van der Waals surface area contributed by atoms with Crippen LogP contribution in [0.2, 0.25) is 0 Å². The zero-order valence-electron chi connectivity index (χ0n) is 20.1. The average Bonchev–Trinajstić information content (AvgIpc) is 3.59. The lowest BCUT2D eigenvalue weighted by Gasteiger charge is -2.06. The Balaban J connectivity index is 1.37. The lowest BCUT2D eigenvalue weighted by Crippen LogP contribution is -1.99. The minimum atomic E-state index is -0.0434. The van der Waals surface area contributed by atoms with E-state index in [1.54, 1.807) is 0 Å². The smallest absolute Gasteiger partial charge is 0.225 e. The highest BCUT2D eigenvalue weighted by Gasteiger charge is 2.36. The van der Waals surface area contributed by atoms with Crippen LogP contribution < -0.4 is 0 Å². The van der Waals surface area contributed by atoms with E-state index >= 15 is 0 Å². The molecule has 4 heterocycles. The lowest BCUT2D eigenvalue weighted by atomic mass is 9.95. The van der Waals surface area contributed by atoms with Gasteiger partial charge in [-0.1, -0.05) is 24.3 Å². The van der Waals surface area contributed by atoms with Gasteiger partial charge >= 0.3 is 0 Å². The molecule has 0 saturated carbocycles. The van der Waals surface area contributed by atoms with Crippen molar-refractivity contribution in [2.75, 3.05) is 0 Å². The van der Waals surface area contributed by atoms with E-state index in [0.29, 0.717) is 11.1 Å². The Labute approximate surface area is 225 Å². The van der Waals surface area contributed by atoms with Crippen molar-refractivity contribution in [1.82, 2.24) is 0 Å². The number of aryl methyl sites for hydroxylation is 4. The third kappa shape index (κ3) is 3.18. The second-order valence-electron chi connectivity index (χ2n) is 9.44. The summed E-state index contributed by atoms with van der Waals surface area (Å²) < 4.78 is 2.71. The number of hydrogen-bond acceptors (Lipinski definition) is 6. The standard InChI is InChI=1S/C30H20O2S4/c1-13-5-7-18-23(9-13)35-29(31)25(18)26-19-8-6-17(11-24(19)36-30(26)32)22-12-21-16(4)27-20(10-14(2)33-27)15(3)28(21)34-22/h5-12H,1-4H3/b26-25+. The molecule has 7 rings (SSSR count). The van der Waals surface area contributed by atoms with E-state index in [0.717, 1.165) is 32.0 Å². The SMILES string of the molecule is Cc1ccc2c(c1)SC(=O)/C2=C1/C(=O)Sc2cc(-c3cc4c(C)c5sc(C)cc5c(C)c4s3)ccc21. The minimum absolute atomic E-state index is 0.0397. The fourth-order valence-corrected chi connectivity index (χ4v) is 9.62. The molecule has 2 aliphatic heterocycles. The zero-order chi connectivity index (χ0) is 24.9. The number of hydrogen-bond donors (Lipinski definition) is 0. The predicted octanol–water partition coefficient (Wildman–Crippen LogP) is 9.19. The topological polar surface area (TPSA) is 34.1 Å². The van der Waals surface area contributed by atoms with E-state index < -0.39 is 0 Å². The van der Waals surface area contributed by atoms with Crippen LogP contribution in [0.3, 0.4) is 0 Å². The summed E-state index contributed by atoms with van der Waals surface area (Å²) in [6.07, 6.45) is 0. The van der Waals surface area contributed by atoms with Crippen molar-refractivity contribution in [2.45, 2.75) is 37.5 Å². The van der Waals surface area contributed by atoms with Crippen molar-refractivity contribution in [3.63, 3.8) is 0 Å². The third-order valence-electron chi connectivity index (χ3n) is 7.08. The highest BCUT2D eigenvalue weighted by Crippen LogP contribution is 2.51. The Hall–Kier alpha value is -2.64. The van der Waals surface area contributed by atoms with Crippen molar-refractivity contribution >= 4 is 87.7 Å². The molecular formula is C30H20O2S4. The molecule has 0 unspecified atom stereocenters. The first-order valence-corrected chi connectivity index (χ1v) is 14.9. The van der Waals surface area contributed by atoms with Gasteiger partial charge in [-0.15, -0.1) is 22.7 Å². The Morgan fingerprint density at radius 3 is 1.89 bits per heavy atom. The number of thioether (sulfide) groups is 2. The van der Waals surface area contributed by atoms with Gasteiger partial charge < -0.3 is 0 Å². The summed E-state index contributed by atoms with van der Waals surface area (Å²) in [4.78, 5) is 30.6. The van der Waals surface area contributed by atoms with Crippen LogP contribution in [0, 0.1) is 27.7 Å². The highest BCUT2D eigenvalue weighted by atomic mass is 32.2. The molecule has 176 valence electrons. The number of rotatable bonds is 1. The van der Waals surface area contributed by atoms with Crippen molar-refractivity contribution < 1.29 is 9.59 Å². The third-order valence-corrected chi connectivity index (χ3v) is 11.5. The van der Waals surface area contributed by atoms with Crippen LogP contribution in [0.5, 0.6) is 0 Å². The molecule has 5 aromatic rings. The number of fused-ring (bicyclic) bond motifs is 4. The maximum atomic E-state index is 13.2. The van der Waals surface area contributed by atoms with Gasteiger partial charge in [0.05, 0.1) is 0 Å². The van der Waals surface area contributed by atoms with Crippen molar-refractivity contribution in [3.05, 3.63) is 81.2 Å². The van der Waals surface area contributed by atoms with Crippen LogP contribution in [-0.2, 0) is 9.59 Å².